The first-order valence-corrected chi connectivity index (χ1v) is 9.16. The van der Waals surface area contributed by atoms with Crippen LogP contribution in [0.5, 0.6) is 0 Å². The highest BCUT2D eigenvalue weighted by Crippen LogP contribution is 2.44. The van der Waals surface area contributed by atoms with E-state index in [0.717, 1.165) is 11.5 Å². The van der Waals surface area contributed by atoms with Crippen LogP contribution in [0.2, 0.25) is 0 Å². The lowest BCUT2D eigenvalue weighted by Gasteiger charge is -2.43. The SMILES string of the molecule is CC(C)Nc1nc(N2CCC2c2ccccc2C(F)(F)F)c2cccnc2n1. The molecule has 1 aliphatic rings. The van der Waals surface area contributed by atoms with Crippen molar-refractivity contribution in [1.82, 2.24) is 15.0 Å². The number of anilines is 2. The second-order valence-electron chi connectivity index (χ2n) is 7.13. The molecule has 146 valence electrons. The number of hydrogen-bond donors (Lipinski definition) is 1. The van der Waals surface area contributed by atoms with Crippen LogP contribution in [0.1, 0.15) is 37.4 Å². The van der Waals surface area contributed by atoms with Crippen molar-refractivity contribution < 1.29 is 13.2 Å². The van der Waals surface area contributed by atoms with E-state index in [1.165, 1.54) is 6.07 Å². The molecule has 0 spiro atoms. The van der Waals surface area contributed by atoms with Crippen molar-refractivity contribution in [2.75, 3.05) is 16.8 Å². The molecule has 1 atom stereocenters. The summed E-state index contributed by atoms with van der Waals surface area (Å²) in [6, 6.07) is 9.11. The Morgan fingerprint density at radius 2 is 1.89 bits per heavy atom. The second-order valence-corrected chi connectivity index (χ2v) is 7.13. The standard InChI is InChI=1S/C20H20F3N5/c1-12(2)25-19-26-17-14(7-5-10-24-17)18(27-19)28-11-9-16(28)13-6-3-4-8-15(13)20(21,22)23/h3-8,10,12,16H,9,11H2,1-2H3,(H,24,25,26,27). The minimum absolute atomic E-state index is 0.118. The van der Waals surface area contributed by atoms with Gasteiger partial charge in [0.1, 0.15) is 5.82 Å². The van der Waals surface area contributed by atoms with Crippen molar-refractivity contribution in [3.63, 3.8) is 0 Å². The number of nitrogens with zero attached hydrogens (tertiary/aromatic N) is 4. The van der Waals surface area contributed by atoms with Gasteiger partial charge in [-0.3, -0.25) is 0 Å². The van der Waals surface area contributed by atoms with E-state index in [9.17, 15) is 13.2 Å². The fourth-order valence-electron chi connectivity index (χ4n) is 3.50. The molecule has 0 saturated carbocycles. The molecule has 5 nitrogen and oxygen atoms in total. The summed E-state index contributed by atoms with van der Waals surface area (Å²) in [6.45, 7) is 4.56. The van der Waals surface area contributed by atoms with Gasteiger partial charge in [-0.05, 0) is 44.0 Å². The Balaban J connectivity index is 1.79. The lowest BCUT2D eigenvalue weighted by molar-refractivity contribution is -0.138. The predicted octanol–water partition coefficient (Wildman–Crippen LogP) is 4.82. The number of benzene rings is 1. The van der Waals surface area contributed by atoms with Gasteiger partial charge in [-0.15, -0.1) is 0 Å². The Hall–Kier alpha value is -2.90. The number of hydrogen-bond acceptors (Lipinski definition) is 5. The Morgan fingerprint density at radius 3 is 2.57 bits per heavy atom. The fraction of sp³-hybridized carbons (Fsp3) is 0.350. The van der Waals surface area contributed by atoms with Gasteiger partial charge in [0.2, 0.25) is 5.95 Å². The van der Waals surface area contributed by atoms with Gasteiger partial charge in [-0.1, -0.05) is 18.2 Å². The number of pyridine rings is 1. The molecule has 0 bridgehead atoms. The molecule has 8 heteroatoms. The second kappa shape index (κ2) is 6.92. The lowest BCUT2D eigenvalue weighted by atomic mass is 9.90. The Labute approximate surface area is 160 Å². The number of alkyl halides is 3. The first-order valence-electron chi connectivity index (χ1n) is 9.16. The molecule has 0 radical (unpaired) electrons. The quantitative estimate of drug-likeness (QED) is 0.696. The summed E-state index contributed by atoms with van der Waals surface area (Å²) in [4.78, 5) is 15.3. The first-order chi connectivity index (χ1) is 13.3. The molecule has 1 unspecified atom stereocenters. The molecule has 3 aromatic rings. The van der Waals surface area contributed by atoms with Crippen LogP contribution in [0, 0.1) is 0 Å². The van der Waals surface area contributed by atoms with Crippen LogP contribution < -0.4 is 10.2 Å². The van der Waals surface area contributed by atoms with Gasteiger partial charge in [-0.25, -0.2) is 4.98 Å². The monoisotopic (exact) mass is 387 g/mol. The number of aromatic nitrogens is 3. The summed E-state index contributed by atoms with van der Waals surface area (Å²) in [5.41, 5.74) is 0.197. The maximum Gasteiger partial charge on any atom is 0.416 e. The molecule has 1 aliphatic heterocycles. The van der Waals surface area contributed by atoms with Gasteiger partial charge in [0.15, 0.2) is 5.65 Å². The zero-order valence-corrected chi connectivity index (χ0v) is 15.5. The van der Waals surface area contributed by atoms with E-state index in [2.05, 4.69) is 20.3 Å². The molecule has 0 amide bonds. The number of fused-ring (bicyclic) bond motifs is 1. The lowest BCUT2D eigenvalue weighted by Crippen LogP contribution is -2.42. The van der Waals surface area contributed by atoms with Crippen LogP contribution in [0.4, 0.5) is 24.9 Å². The minimum atomic E-state index is -4.39. The highest BCUT2D eigenvalue weighted by molar-refractivity contribution is 5.88. The summed E-state index contributed by atoms with van der Waals surface area (Å²) in [7, 11) is 0. The average molecular weight is 387 g/mol. The minimum Gasteiger partial charge on any atom is -0.352 e. The summed E-state index contributed by atoms with van der Waals surface area (Å²) in [5, 5.41) is 3.89. The third kappa shape index (κ3) is 3.34. The maximum atomic E-state index is 13.5. The highest BCUT2D eigenvalue weighted by atomic mass is 19.4. The molecule has 2 aromatic heterocycles. The van der Waals surface area contributed by atoms with Crippen LogP contribution in [-0.2, 0) is 6.18 Å². The molecule has 1 N–H and O–H groups in total. The van der Waals surface area contributed by atoms with E-state index < -0.39 is 11.7 Å². The molecule has 3 heterocycles. The van der Waals surface area contributed by atoms with Crippen LogP contribution in [-0.4, -0.2) is 27.5 Å². The van der Waals surface area contributed by atoms with Gasteiger partial charge < -0.3 is 10.2 Å². The largest absolute Gasteiger partial charge is 0.416 e. The molecular formula is C20H20F3N5. The van der Waals surface area contributed by atoms with Gasteiger partial charge in [0, 0.05) is 18.8 Å². The summed E-state index contributed by atoms with van der Waals surface area (Å²) in [5.74, 6) is 1.03. The molecular weight excluding hydrogens is 367 g/mol. The van der Waals surface area contributed by atoms with E-state index in [1.54, 1.807) is 24.4 Å². The van der Waals surface area contributed by atoms with Crippen molar-refractivity contribution in [2.24, 2.45) is 0 Å². The van der Waals surface area contributed by atoms with Crippen molar-refractivity contribution >= 4 is 22.8 Å². The number of nitrogens with one attached hydrogen (secondary N) is 1. The van der Waals surface area contributed by atoms with Crippen LogP contribution in [0.25, 0.3) is 11.0 Å². The van der Waals surface area contributed by atoms with Gasteiger partial charge >= 0.3 is 6.18 Å². The Bertz CT molecular complexity index is 1000. The van der Waals surface area contributed by atoms with Gasteiger partial charge in [0.05, 0.1) is 17.0 Å². The zero-order chi connectivity index (χ0) is 19.9. The molecule has 1 saturated heterocycles. The van der Waals surface area contributed by atoms with Crippen LogP contribution in [0.15, 0.2) is 42.6 Å². The normalized spacial score (nSPS) is 17.1. The van der Waals surface area contributed by atoms with E-state index in [0.29, 0.717) is 30.4 Å². The fourth-order valence-corrected chi connectivity index (χ4v) is 3.50. The summed E-state index contributed by atoms with van der Waals surface area (Å²) >= 11 is 0. The first kappa shape index (κ1) is 18.5. The Kier molecular flexibility index (Phi) is 4.56. The van der Waals surface area contributed by atoms with Gasteiger partial charge in [0.25, 0.3) is 0 Å². The molecule has 28 heavy (non-hydrogen) atoms. The Morgan fingerprint density at radius 1 is 1.11 bits per heavy atom. The molecule has 1 fully saturated rings. The third-order valence-electron chi connectivity index (χ3n) is 4.79. The highest BCUT2D eigenvalue weighted by Gasteiger charge is 2.40. The topological polar surface area (TPSA) is 53.9 Å². The van der Waals surface area contributed by atoms with E-state index in [-0.39, 0.29) is 17.6 Å². The molecule has 4 rings (SSSR count). The number of halogens is 3. The van der Waals surface area contributed by atoms with Crippen LogP contribution in [0.3, 0.4) is 0 Å². The average Bonchev–Trinajstić information content (AvgIpc) is 2.60. The van der Waals surface area contributed by atoms with Crippen LogP contribution >= 0.6 is 0 Å². The number of rotatable bonds is 4. The smallest absolute Gasteiger partial charge is 0.352 e. The van der Waals surface area contributed by atoms with Crippen molar-refractivity contribution in [3.05, 3.63) is 53.7 Å². The van der Waals surface area contributed by atoms with Crippen molar-refractivity contribution in [1.29, 1.82) is 0 Å². The summed E-state index contributed by atoms with van der Waals surface area (Å²) < 4.78 is 40.5. The molecule has 1 aromatic carbocycles. The van der Waals surface area contributed by atoms with E-state index in [4.69, 9.17) is 0 Å². The molecule has 0 aliphatic carbocycles. The van der Waals surface area contributed by atoms with Crippen molar-refractivity contribution in [3.8, 4) is 0 Å². The predicted molar refractivity (Wildman–Crippen MR) is 102 cm³/mol. The van der Waals surface area contributed by atoms with E-state index in [1.807, 2.05) is 24.8 Å². The van der Waals surface area contributed by atoms with Gasteiger partial charge in [-0.2, -0.15) is 23.1 Å². The third-order valence-corrected chi connectivity index (χ3v) is 4.79. The zero-order valence-electron chi connectivity index (χ0n) is 15.5. The maximum absolute atomic E-state index is 13.5. The summed E-state index contributed by atoms with van der Waals surface area (Å²) in [6.07, 6.45) is -2.12. The van der Waals surface area contributed by atoms with E-state index >= 15 is 0 Å². The van der Waals surface area contributed by atoms with Crippen molar-refractivity contribution in [2.45, 2.75) is 38.5 Å².